The average molecular weight is 413 g/mol. The number of para-hydroxylation sites is 2. The van der Waals surface area contributed by atoms with Crippen LogP contribution in [0.1, 0.15) is 39.9 Å². The van der Waals surface area contributed by atoms with Crippen molar-refractivity contribution in [3.63, 3.8) is 0 Å². The number of pyridine rings is 1. The van der Waals surface area contributed by atoms with Crippen LogP contribution < -0.4 is 11.1 Å². The third kappa shape index (κ3) is 5.38. The van der Waals surface area contributed by atoms with E-state index in [1.54, 1.807) is 12.1 Å². The molecule has 5 heteroatoms. The maximum atomic E-state index is 12.6. The molecule has 5 nitrogen and oxygen atoms in total. The van der Waals surface area contributed by atoms with Crippen molar-refractivity contribution in [1.82, 2.24) is 9.88 Å². The van der Waals surface area contributed by atoms with Crippen LogP contribution in [-0.2, 0) is 6.54 Å². The Kier molecular flexibility index (Phi) is 6.43. The van der Waals surface area contributed by atoms with Crippen LogP contribution in [0.25, 0.3) is 6.08 Å². The summed E-state index contributed by atoms with van der Waals surface area (Å²) in [5.41, 5.74) is 12.7. The van der Waals surface area contributed by atoms with Crippen LogP contribution in [0, 0.1) is 6.92 Å². The molecule has 2 aromatic carbocycles. The van der Waals surface area contributed by atoms with Crippen LogP contribution in [0.15, 0.2) is 72.6 Å². The maximum absolute atomic E-state index is 12.6. The van der Waals surface area contributed by atoms with Gasteiger partial charge in [0.15, 0.2) is 0 Å². The summed E-state index contributed by atoms with van der Waals surface area (Å²) in [7, 11) is 0. The molecule has 2 heterocycles. The molecule has 0 saturated carbocycles. The van der Waals surface area contributed by atoms with Crippen LogP contribution in [0.3, 0.4) is 0 Å². The van der Waals surface area contributed by atoms with E-state index in [1.807, 2.05) is 48.8 Å². The molecule has 0 radical (unpaired) electrons. The normalized spacial score (nSPS) is 14.3. The second-order valence-corrected chi connectivity index (χ2v) is 8.05. The number of nitrogens with two attached hydrogens (primary N) is 1. The number of aromatic nitrogens is 1. The number of benzene rings is 2. The molecule has 1 fully saturated rings. The minimum absolute atomic E-state index is 0.149. The van der Waals surface area contributed by atoms with E-state index < -0.39 is 0 Å². The number of likely N-dealkylation sites (tertiary alicyclic amines) is 1. The number of carbonyl (C=O) groups is 1. The highest BCUT2D eigenvalue weighted by atomic mass is 16.1. The van der Waals surface area contributed by atoms with E-state index in [9.17, 15) is 4.79 Å². The summed E-state index contributed by atoms with van der Waals surface area (Å²) in [6.45, 7) is 5.12. The monoisotopic (exact) mass is 412 g/mol. The van der Waals surface area contributed by atoms with E-state index in [0.717, 1.165) is 38.0 Å². The number of aryl methyl sites for hydroxylation is 1. The molecule has 0 spiro atoms. The number of hydrogen-bond acceptors (Lipinski definition) is 4. The van der Waals surface area contributed by atoms with E-state index >= 15 is 0 Å². The fourth-order valence-corrected chi connectivity index (χ4v) is 3.90. The summed E-state index contributed by atoms with van der Waals surface area (Å²) in [5.74, 6) is -0.149. The molecule has 0 bridgehead atoms. The number of amides is 1. The Labute approximate surface area is 183 Å². The lowest BCUT2D eigenvalue weighted by Gasteiger charge is -2.28. The van der Waals surface area contributed by atoms with Crippen molar-refractivity contribution in [3.05, 3.63) is 94.8 Å². The zero-order chi connectivity index (χ0) is 21.6. The van der Waals surface area contributed by atoms with Crippen molar-refractivity contribution in [1.29, 1.82) is 0 Å². The Balaban J connectivity index is 1.38. The van der Waals surface area contributed by atoms with Crippen molar-refractivity contribution in [2.24, 2.45) is 0 Å². The van der Waals surface area contributed by atoms with Gasteiger partial charge in [0, 0.05) is 37.6 Å². The number of piperidine rings is 1. The quantitative estimate of drug-likeness (QED) is 0.585. The summed E-state index contributed by atoms with van der Waals surface area (Å²) >= 11 is 0. The number of nitrogen functional groups attached to an aromatic ring is 1. The van der Waals surface area contributed by atoms with Gasteiger partial charge in [0.1, 0.15) is 0 Å². The molecular weight excluding hydrogens is 384 g/mol. The molecule has 0 aliphatic carbocycles. The van der Waals surface area contributed by atoms with E-state index in [1.165, 1.54) is 16.7 Å². The van der Waals surface area contributed by atoms with Crippen molar-refractivity contribution in [2.45, 2.75) is 26.3 Å². The largest absolute Gasteiger partial charge is 0.397 e. The minimum Gasteiger partial charge on any atom is -0.397 e. The number of rotatable bonds is 5. The SMILES string of the molecule is Cc1cc(C(=O)Nc2ccccc2N)ccc1C=C1CCN(Cc2cccnc2)CC1. The fraction of sp³-hybridized carbons (Fsp3) is 0.231. The van der Waals surface area contributed by atoms with Gasteiger partial charge < -0.3 is 11.1 Å². The number of nitrogens with one attached hydrogen (secondary N) is 1. The van der Waals surface area contributed by atoms with Gasteiger partial charge in [0.2, 0.25) is 0 Å². The number of hydrogen-bond donors (Lipinski definition) is 2. The molecule has 4 rings (SSSR count). The van der Waals surface area contributed by atoms with Gasteiger partial charge in [-0.25, -0.2) is 0 Å². The van der Waals surface area contributed by atoms with Gasteiger partial charge in [-0.05, 0) is 66.8 Å². The van der Waals surface area contributed by atoms with Crippen molar-refractivity contribution >= 4 is 23.4 Å². The van der Waals surface area contributed by atoms with Gasteiger partial charge in [-0.3, -0.25) is 14.7 Å². The summed E-state index contributed by atoms with van der Waals surface area (Å²) < 4.78 is 0. The van der Waals surface area contributed by atoms with Gasteiger partial charge in [0.25, 0.3) is 5.91 Å². The first-order valence-corrected chi connectivity index (χ1v) is 10.7. The molecule has 1 saturated heterocycles. The summed E-state index contributed by atoms with van der Waals surface area (Å²) in [6, 6.07) is 17.3. The summed E-state index contributed by atoms with van der Waals surface area (Å²) in [5, 5.41) is 2.89. The number of nitrogens with zero attached hydrogens (tertiary/aromatic N) is 2. The zero-order valence-electron chi connectivity index (χ0n) is 17.8. The molecule has 1 aliphatic heterocycles. The second-order valence-electron chi connectivity index (χ2n) is 8.05. The summed E-state index contributed by atoms with van der Waals surface area (Å²) in [6.07, 6.45) is 8.17. The molecule has 3 aromatic rings. The Morgan fingerprint density at radius 1 is 1.13 bits per heavy atom. The van der Waals surface area contributed by atoms with Crippen LogP contribution in [0.5, 0.6) is 0 Å². The van der Waals surface area contributed by atoms with Crippen LogP contribution in [0.2, 0.25) is 0 Å². The van der Waals surface area contributed by atoms with Gasteiger partial charge in [0.05, 0.1) is 11.4 Å². The average Bonchev–Trinajstić information content (AvgIpc) is 2.78. The lowest BCUT2D eigenvalue weighted by molar-refractivity contribution is 0.102. The molecule has 1 aromatic heterocycles. The smallest absolute Gasteiger partial charge is 0.255 e. The Morgan fingerprint density at radius 2 is 1.94 bits per heavy atom. The predicted octanol–water partition coefficient (Wildman–Crippen LogP) is 4.90. The molecule has 0 atom stereocenters. The van der Waals surface area contributed by atoms with E-state index in [2.05, 4.69) is 34.3 Å². The fourth-order valence-electron chi connectivity index (χ4n) is 3.90. The van der Waals surface area contributed by atoms with Crippen molar-refractivity contribution in [3.8, 4) is 0 Å². The topological polar surface area (TPSA) is 71.2 Å². The van der Waals surface area contributed by atoms with Crippen molar-refractivity contribution < 1.29 is 4.79 Å². The highest BCUT2D eigenvalue weighted by molar-refractivity contribution is 6.06. The van der Waals surface area contributed by atoms with Crippen LogP contribution >= 0.6 is 0 Å². The van der Waals surface area contributed by atoms with E-state index in [4.69, 9.17) is 5.73 Å². The summed E-state index contributed by atoms with van der Waals surface area (Å²) in [4.78, 5) is 19.3. The van der Waals surface area contributed by atoms with Gasteiger partial charge in [-0.2, -0.15) is 0 Å². The number of anilines is 2. The molecule has 1 aliphatic rings. The third-order valence-corrected chi connectivity index (χ3v) is 5.73. The second kappa shape index (κ2) is 9.58. The zero-order valence-corrected chi connectivity index (χ0v) is 17.8. The van der Waals surface area contributed by atoms with Gasteiger partial charge in [-0.15, -0.1) is 0 Å². The van der Waals surface area contributed by atoms with Crippen LogP contribution in [0.4, 0.5) is 11.4 Å². The predicted molar refractivity (Wildman–Crippen MR) is 127 cm³/mol. The van der Waals surface area contributed by atoms with Gasteiger partial charge >= 0.3 is 0 Å². The van der Waals surface area contributed by atoms with E-state index in [0.29, 0.717) is 16.9 Å². The standard InChI is InChI=1S/C26H28N4O/c1-19-15-23(26(31)29-25-7-3-2-6-24(25)27)9-8-22(19)16-20-10-13-30(14-11-20)18-21-5-4-12-28-17-21/h2-9,12,15-17H,10-11,13-14,18,27H2,1H3,(H,29,31). The lowest BCUT2D eigenvalue weighted by atomic mass is 9.97. The minimum atomic E-state index is -0.149. The number of carbonyl (C=O) groups excluding carboxylic acids is 1. The van der Waals surface area contributed by atoms with E-state index in [-0.39, 0.29) is 5.91 Å². The van der Waals surface area contributed by atoms with Crippen LogP contribution in [-0.4, -0.2) is 28.9 Å². The first kappa shape index (κ1) is 20.8. The molecular formula is C26H28N4O. The van der Waals surface area contributed by atoms with Crippen molar-refractivity contribution in [2.75, 3.05) is 24.1 Å². The lowest BCUT2D eigenvalue weighted by Crippen LogP contribution is -2.30. The maximum Gasteiger partial charge on any atom is 0.255 e. The third-order valence-electron chi connectivity index (χ3n) is 5.73. The highest BCUT2D eigenvalue weighted by Crippen LogP contribution is 2.23. The highest BCUT2D eigenvalue weighted by Gasteiger charge is 2.15. The Bertz CT molecular complexity index is 1080. The molecule has 31 heavy (non-hydrogen) atoms. The molecule has 3 N–H and O–H groups in total. The molecule has 0 unspecified atom stereocenters. The van der Waals surface area contributed by atoms with Gasteiger partial charge in [-0.1, -0.05) is 35.9 Å². The Morgan fingerprint density at radius 3 is 2.65 bits per heavy atom. The Hall–Kier alpha value is -3.44. The molecule has 158 valence electrons. The molecule has 1 amide bonds. The first-order chi connectivity index (χ1) is 15.1. The first-order valence-electron chi connectivity index (χ1n) is 10.7.